The van der Waals surface area contributed by atoms with E-state index in [9.17, 15) is 36.2 Å². The van der Waals surface area contributed by atoms with E-state index in [1.54, 1.807) is 20.8 Å². The van der Waals surface area contributed by atoms with Crippen LogP contribution in [0.4, 0.5) is 37.1 Å². The molecule has 3 aliphatic heterocycles. The van der Waals surface area contributed by atoms with Crippen LogP contribution in [0.1, 0.15) is 39.2 Å². The van der Waals surface area contributed by atoms with E-state index in [1.807, 2.05) is 0 Å². The van der Waals surface area contributed by atoms with Crippen LogP contribution >= 0.6 is 0 Å². The Labute approximate surface area is 222 Å². The molecule has 1 aromatic rings. The molecule has 1 spiro atoms. The van der Waals surface area contributed by atoms with Crippen LogP contribution in [0.3, 0.4) is 0 Å². The topological polar surface area (TPSA) is 91.3 Å². The number of piperidine rings is 1. The summed E-state index contributed by atoms with van der Waals surface area (Å²) in [4.78, 5) is 24.5. The number of likely N-dealkylation sites (tertiary alicyclic amines) is 1. The standard InChI is InChI=1S/C16H20F6N4O3.C8H13NO/c1-13(2,3)29-12(27)26-6-4-25(5-7-26)11-23-8-10(9-24-11)14(28,15(17,18)19)16(20,21)22;1-9-6-2-3-8(6)5-10-4-7(8)9/h8-9,28H,4-7H2,1-3H3;6-7H,2-5H2,1H3. The highest BCUT2D eigenvalue weighted by Crippen LogP contribution is 2.59. The summed E-state index contributed by atoms with van der Waals surface area (Å²) in [5.41, 5.74) is -6.64. The monoisotopic (exact) mass is 569 g/mol. The van der Waals surface area contributed by atoms with Gasteiger partial charge < -0.3 is 24.4 Å². The summed E-state index contributed by atoms with van der Waals surface area (Å²) in [6.45, 7) is 7.96. The number of likely N-dealkylation sites (N-methyl/N-ethyl adjacent to an activating group) is 1. The summed E-state index contributed by atoms with van der Waals surface area (Å²) < 4.78 is 88.1. The number of aromatic nitrogens is 2. The van der Waals surface area contributed by atoms with Gasteiger partial charge in [-0.1, -0.05) is 0 Å². The van der Waals surface area contributed by atoms with Crippen molar-refractivity contribution in [2.45, 2.75) is 69.3 Å². The van der Waals surface area contributed by atoms with Crippen molar-refractivity contribution < 1.29 is 45.7 Å². The fourth-order valence-electron chi connectivity index (χ4n) is 5.67. The van der Waals surface area contributed by atoms with E-state index in [1.165, 1.54) is 22.6 Å². The summed E-state index contributed by atoms with van der Waals surface area (Å²) in [6, 6.07) is 1.67. The van der Waals surface area contributed by atoms with Crippen molar-refractivity contribution in [3.05, 3.63) is 18.0 Å². The Hall–Kier alpha value is -2.39. The van der Waals surface area contributed by atoms with Gasteiger partial charge in [0.05, 0.1) is 13.2 Å². The van der Waals surface area contributed by atoms with E-state index in [-0.39, 0.29) is 32.1 Å². The van der Waals surface area contributed by atoms with Gasteiger partial charge in [0.1, 0.15) is 5.60 Å². The largest absolute Gasteiger partial charge is 0.444 e. The summed E-state index contributed by atoms with van der Waals surface area (Å²) in [5, 5.41) is 9.34. The lowest BCUT2D eigenvalue weighted by Gasteiger charge is -2.66. The lowest BCUT2D eigenvalue weighted by atomic mass is 9.54. The molecule has 0 bridgehead atoms. The summed E-state index contributed by atoms with van der Waals surface area (Å²) >= 11 is 0. The number of hydrogen-bond acceptors (Lipinski definition) is 8. The minimum atomic E-state index is -6.00. The van der Waals surface area contributed by atoms with Crippen molar-refractivity contribution in [1.82, 2.24) is 19.8 Å². The first kappa shape index (κ1) is 29.6. The maximum atomic E-state index is 12.9. The number of ether oxygens (including phenoxy) is 2. The second kappa shape index (κ2) is 9.91. The maximum Gasteiger partial charge on any atom is 0.430 e. The number of carbonyl (C=O) groups excluding carboxylic acids is 1. The maximum absolute atomic E-state index is 12.9. The predicted molar refractivity (Wildman–Crippen MR) is 126 cm³/mol. The average molecular weight is 570 g/mol. The number of rotatable bonds is 2. The van der Waals surface area contributed by atoms with Crippen LogP contribution in [0.2, 0.25) is 0 Å². The average Bonchev–Trinajstić information content (AvgIpc) is 3.26. The molecule has 39 heavy (non-hydrogen) atoms. The number of halogens is 6. The van der Waals surface area contributed by atoms with Gasteiger partial charge in [-0.15, -0.1) is 0 Å². The number of hydrogen-bond donors (Lipinski definition) is 1. The van der Waals surface area contributed by atoms with Crippen LogP contribution in [0, 0.1) is 5.41 Å². The van der Waals surface area contributed by atoms with Crippen LogP contribution in [0.15, 0.2) is 12.4 Å². The number of nitrogens with zero attached hydrogens (tertiary/aromatic N) is 5. The van der Waals surface area contributed by atoms with Gasteiger partial charge in [0.2, 0.25) is 5.95 Å². The van der Waals surface area contributed by atoms with Gasteiger partial charge in [-0.2, -0.15) is 26.3 Å². The smallest absolute Gasteiger partial charge is 0.430 e. The first-order valence-corrected chi connectivity index (χ1v) is 12.6. The van der Waals surface area contributed by atoms with Gasteiger partial charge >= 0.3 is 18.4 Å². The van der Waals surface area contributed by atoms with Crippen molar-refractivity contribution in [3.8, 4) is 0 Å². The van der Waals surface area contributed by atoms with Crippen LogP contribution in [0.25, 0.3) is 0 Å². The van der Waals surface area contributed by atoms with Gasteiger partial charge in [0, 0.05) is 61.6 Å². The Kier molecular flexibility index (Phi) is 7.52. The Morgan fingerprint density at radius 1 is 1.03 bits per heavy atom. The molecule has 9 nitrogen and oxygen atoms in total. The number of piperazine rings is 1. The summed E-state index contributed by atoms with van der Waals surface area (Å²) in [7, 11) is 2.24. The number of anilines is 1. The normalized spacial score (nSPS) is 27.5. The van der Waals surface area contributed by atoms with Gasteiger partial charge in [0.25, 0.3) is 5.60 Å². The molecule has 15 heteroatoms. The fourth-order valence-corrected chi connectivity index (χ4v) is 5.67. The molecule has 1 saturated carbocycles. The van der Waals surface area contributed by atoms with Crippen LogP contribution in [-0.2, 0) is 15.1 Å². The zero-order valence-corrected chi connectivity index (χ0v) is 22.1. The molecule has 3 saturated heterocycles. The highest BCUT2D eigenvalue weighted by molar-refractivity contribution is 5.68. The Morgan fingerprint density at radius 2 is 1.59 bits per heavy atom. The second-order valence-electron chi connectivity index (χ2n) is 11.4. The molecule has 5 rings (SSSR count). The quantitative estimate of drug-likeness (QED) is 0.543. The lowest BCUT2D eigenvalue weighted by Crippen LogP contribution is -2.75. The highest BCUT2D eigenvalue weighted by atomic mass is 19.4. The van der Waals surface area contributed by atoms with E-state index in [2.05, 4.69) is 21.9 Å². The first-order chi connectivity index (χ1) is 17.9. The molecule has 4 heterocycles. The first-order valence-electron chi connectivity index (χ1n) is 12.6. The van der Waals surface area contributed by atoms with Crippen molar-refractivity contribution in [2.75, 3.05) is 51.3 Å². The molecule has 0 aromatic carbocycles. The minimum Gasteiger partial charge on any atom is -0.444 e. The summed E-state index contributed by atoms with van der Waals surface area (Å²) in [6.07, 6.45) is -9.12. The molecular formula is C24H33F6N5O4. The highest BCUT2D eigenvalue weighted by Gasteiger charge is 2.72. The fraction of sp³-hybridized carbons (Fsp3) is 0.792. The number of amides is 1. The molecular weight excluding hydrogens is 536 g/mol. The van der Waals surface area contributed by atoms with Crippen molar-refractivity contribution >= 4 is 12.0 Å². The number of alkyl halides is 6. The van der Waals surface area contributed by atoms with Gasteiger partial charge in [-0.05, 0) is 40.7 Å². The molecule has 220 valence electrons. The van der Waals surface area contributed by atoms with E-state index in [0.717, 1.165) is 25.3 Å². The third-order valence-corrected chi connectivity index (χ3v) is 7.93. The van der Waals surface area contributed by atoms with E-state index >= 15 is 0 Å². The molecule has 0 radical (unpaired) electrons. The Morgan fingerprint density at radius 3 is 2.03 bits per heavy atom. The molecule has 3 unspecified atom stereocenters. The molecule has 4 aliphatic rings. The van der Waals surface area contributed by atoms with Gasteiger partial charge in [0.15, 0.2) is 0 Å². The molecule has 1 amide bonds. The Balaban J connectivity index is 0.000000287. The van der Waals surface area contributed by atoms with Crippen LogP contribution in [-0.4, -0.2) is 107 Å². The zero-order chi connectivity index (χ0) is 29.0. The van der Waals surface area contributed by atoms with Crippen LogP contribution in [0.5, 0.6) is 0 Å². The number of carbonyl (C=O) groups is 1. The third kappa shape index (κ3) is 5.24. The summed E-state index contributed by atoms with van der Waals surface area (Å²) in [5.74, 6) is -0.121. The van der Waals surface area contributed by atoms with E-state index in [4.69, 9.17) is 9.47 Å². The van der Waals surface area contributed by atoms with E-state index in [0.29, 0.717) is 17.8 Å². The lowest BCUT2D eigenvalue weighted by molar-refractivity contribution is -0.376. The van der Waals surface area contributed by atoms with Gasteiger partial charge in [-0.3, -0.25) is 4.90 Å². The second-order valence-corrected chi connectivity index (χ2v) is 11.4. The van der Waals surface area contributed by atoms with Crippen molar-refractivity contribution in [2.24, 2.45) is 5.41 Å². The third-order valence-electron chi connectivity index (χ3n) is 7.93. The molecule has 3 atom stereocenters. The predicted octanol–water partition coefficient (Wildman–Crippen LogP) is 3.33. The molecule has 4 fully saturated rings. The molecule has 1 aliphatic carbocycles. The van der Waals surface area contributed by atoms with Gasteiger partial charge in [-0.25, -0.2) is 14.8 Å². The SMILES string of the molecule is CC(C)(C)OC(=O)N1CCN(c2ncc(C(O)(C(F)(F)F)C(F)(F)F)cn2)CC1.CN1C2CCC23COCC13. The molecule has 1 aromatic heterocycles. The van der Waals surface area contributed by atoms with Crippen molar-refractivity contribution in [1.29, 1.82) is 0 Å². The minimum absolute atomic E-state index is 0.121. The number of aliphatic hydroxyl groups is 1. The Bertz CT molecular complexity index is 1030. The van der Waals surface area contributed by atoms with Crippen LogP contribution < -0.4 is 4.90 Å². The van der Waals surface area contributed by atoms with Crippen molar-refractivity contribution in [3.63, 3.8) is 0 Å². The van der Waals surface area contributed by atoms with E-state index < -0.39 is 35.2 Å². The molecule has 1 N–H and O–H groups in total. The zero-order valence-electron chi connectivity index (χ0n) is 22.1.